The molecule has 1 amide bonds. The summed E-state index contributed by atoms with van der Waals surface area (Å²) in [4.78, 5) is 36.9. The molecule has 1 aliphatic heterocycles. The van der Waals surface area contributed by atoms with Gasteiger partial charge < -0.3 is 19.5 Å². The van der Waals surface area contributed by atoms with Crippen LogP contribution >= 0.6 is 0 Å². The Morgan fingerprint density at radius 2 is 1.67 bits per heavy atom. The lowest BCUT2D eigenvalue weighted by molar-refractivity contribution is -0.153. The molecule has 1 N–H and O–H groups in total. The van der Waals surface area contributed by atoms with Gasteiger partial charge in [0.25, 0.3) is 5.91 Å². The van der Waals surface area contributed by atoms with Gasteiger partial charge in [0.05, 0.1) is 6.42 Å². The molecule has 1 heterocycles. The van der Waals surface area contributed by atoms with Crippen LogP contribution in [0.2, 0.25) is 0 Å². The lowest BCUT2D eigenvalue weighted by Gasteiger charge is -2.18. The molecule has 1 atom stereocenters. The van der Waals surface area contributed by atoms with Gasteiger partial charge in [0.1, 0.15) is 13.2 Å². The Morgan fingerprint density at radius 1 is 1.00 bits per heavy atom. The highest BCUT2D eigenvalue weighted by Crippen LogP contribution is 2.31. The van der Waals surface area contributed by atoms with Crippen molar-refractivity contribution in [2.24, 2.45) is 0 Å². The molecule has 0 saturated heterocycles. The molecule has 2 aromatic carbocycles. The highest BCUT2D eigenvalue weighted by molar-refractivity contribution is 5.99. The highest BCUT2D eigenvalue weighted by Gasteiger charge is 2.21. The van der Waals surface area contributed by atoms with Crippen molar-refractivity contribution in [2.45, 2.75) is 39.7 Å². The van der Waals surface area contributed by atoms with Gasteiger partial charge in [0.15, 0.2) is 23.4 Å². The molecular weight excluding hydrogens is 386 g/mol. The van der Waals surface area contributed by atoms with E-state index in [4.69, 9.17) is 14.2 Å². The van der Waals surface area contributed by atoms with Gasteiger partial charge in [-0.3, -0.25) is 14.4 Å². The third-order valence-electron chi connectivity index (χ3n) is 4.83. The van der Waals surface area contributed by atoms with Crippen molar-refractivity contribution in [3.8, 4) is 11.5 Å². The number of benzene rings is 2. The molecule has 158 valence electrons. The molecule has 0 saturated carbocycles. The summed E-state index contributed by atoms with van der Waals surface area (Å²) >= 11 is 0. The van der Waals surface area contributed by atoms with E-state index in [0.29, 0.717) is 36.0 Å². The fraction of sp³-hybridized carbons (Fsp3) is 0.348. The smallest absolute Gasteiger partial charge is 0.307 e. The fourth-order valence-electron chi connectivity index (χ4n) is 3.12. The molecule has 1 aliphatic rings. The van der Waals surface area contributed by atoms with Gasteiger partial charge >= 0.3 is 5.97 Å². The third-order valence-corrected chi connectivity index (χ3v) is 4.83. The van der Waals surface area contributed by atoms with Crippen LogP contribution in [0.15, 0.2) is 36.4 Å². The van der Waals surface area contributed by atoms with Crippen LogP contribution in [0.25, 0.3) is 0 Å². The number of carbonyl (C=O) groups excluding carboxylic acids is 3. The standard InChI is InChI=1S/C23H25NO6/c1-14-5-4-6-15(2)22(14)24-23(27)16(3)30-21(26)10-8-18(25)17-7-9-19-20(13-17)29-12-11-28-19/h4-7,9,13,16H,8,10-12H2,1-3H3,(H,24,27). The Hall–Kier alpha value is -3.35. The van der Waals surface area contributed by atoms with Crippen LogP contribution in [-0.4, -0.2) is 37.0 Å². The predicted molar refractivity (Wildman–Crippen MR) is 111 cm³/mol. The molecule has 0 aromatic heterocycles. The zero-order valence-electron chi connectivity index (χ0n) is 17.3. The van der Waals surface area contributed by atoms with E-state index < -0.39 is 18.0 Å². The number of ether oxygens (including phenoxy) is 3. The van der Waals surface area contributed by atoms with Gasteiger partial charge in [0, 0.05) is 17.7 Å². The Labute approximate surface area is 175 Å². The Morgan fingerprint density at radius 3 is 2.37 bits per heavy atom. The molecule has 2 aromatic rings. The first kappa shape index (κ1) is 21.4. The van der Waals surface area contributed by atoms with E-state index in [1.54, 1.807) is 18.2 Å². The largest absolute Gasteiger partial charge is 0.486 e. The minimum atomic E-state index is -0.971. The van der Waals surface area contributed by atoms with Crippen LogP contribution in [0.1, 0.15) is 41.3 Å². The van der Waals surface area contributed by atoms with Crippen LogP contribution in [0, 0.1) is 13.8 Å². The van der Waals surface area contributed by atoms with Crippen LogP contribution in [0.3, 0.4) is 0 Å². The second kappa shape index (κ2) is 9.43. The number of esters is 1. The van der Waals surface area contributed by atoms with E-state index in [2.05, 4.69) is 5.32 Å². The lowest BCUT2D eigenvalue weighted by atomic mass is 10.1. The number of amides is 1. The number of anilines is 1. The average Bonchev–Trinajstić information content (AvgIpc) is 2.74. The number of para-hydroxylation sites is 1. The van der Waals surface area contributed by atoms with E-state index in [-0.39, 0.29) is 18.6 Å². The average molecular weight is 411 g/mol. The fourth-order valence-corrected chi connectivity index (χ4v) is 3.12. The van der Waals surface area contributed by atoms with E-state index in [0.717, 1.165) is 11.1 Å². The third kappa shape index (κ3) is 5.17. The van der Waals surface area contributed by atoms with Crippen molar-refractivity contribution in [2.75, 3.05) is 18.5 Å². The number of aryl methyl sites for hydroxylation is 2. The maximum atomic E-state index is 12.4. The molecule has 0 radical (unpaired) electrons. The lowest BCUT2D eigenvalue weighted by Crippen LogP contribution is -2.30. The zero-order valence-corrected chi connectivity index (χ0v) is 17.3. The molecule has 30 heavy (non-hydrogen) atoms. The zero-order chi connectivity index (χ0) is 21.7. The molecule has 1 unspecified atom stereocenters. The second-order valence-electron chi connectivity index (χ2n) is 7.17. The number of hydrogen-bond acceptors (Lipinski definition) is 6. The highest BCUT2D eigenvalue weighted by atomic mass is 16.6. The summed E-state index contributed by atoms with van der Waals surface area (Å²) < 4.78 is 16.1. The van der Waals surface area contributed by atoms with Crippen molar-refractivity contribution in [1.82, 2.24) is 0 Å². The normalized spacial score (nSPS) is 13.3. The minimum absolute atomic E-state index is 0.0241. The van der Waals surface area contributed by atoms with Gasteiger partial charge in [-0.15, -0.1) is 0 Å². The van der Waals surface area contributed by atoms with Gasteiger partial charge in [-0.05, 0) is 50.1 Å². The quantitative estimate of drug-likeness (QED) is 0.553. The molecule has 7 nitrogen and oxygen atoms in total. The summed E-state index contributed by atoms with van der Waals surface area (Å²) in [5.41, 5.74) is 2.99. The topological polar surface area (TPSA) is 90.9 Å². The first-order valence-corrected chi connectivity index (χ1v) is 9.84. The van der Waals surface area contributed by atoms with Crippen molar-refractivity contribution in [1.29, 1.82) is 0 Å². The van der Waals surface area contributed by atoms with Crippen molar-refractivity contribution < 1.29 is 28.6 Å². The number of ketones is 1. The number of carbonyl (C=O) groups is 3. The number of rotatable bonds is 7. The Balaban J connectivity index is 1.50. The Bertz CT molecular complexity index is 948. The molecule has 3 rings (SSSR count). The maximum Gasteiger partial charge on any atom is 0.307 e. The summed E-state index contributed by atoms with van der Waals surface area (Å²) in [6, 6.07) is 10.6. The van der Waals surface area contributed by atoms with Crippen LogP contribution in [-0.2, 0) is 14.3 Å². The summed E-state index contributed by atoms with van der Waals surface area (Å²) in [5, 5.41) is 2.79. The van der Waals surface area contributed by atoms with Gasteiger partial charge in [-0.2, -0.15) is 0 Å². The number of fused-ring (bicyclic) bond motifs is 1. The summed E-state index contributed by atoms with van der Waals surface area (Å²) in [6.07, 6.45) is -1.11. The maximum absolute atomic E-state index is 12.4. The summed E-state index contributed by atoms with van der Waals surface area (Å²) in [7, 11) is 0. The Kier molecular flexibility index (Phi) is 6.72. The molecule has 0 bridgehead atoms. The van der Waals surface area contributed by atoms with E-state index in [1.165, 1.54) is 6.92 Å². The van der Waals surface area contributed by atoms with Crippen molar-refractivity contribution in [3.63, 3.8) is 0 Å². The molecule has 0 fully saturated rings. The molecular formula is C23H25NO6. The number of Topliss-reactive ketones (excluding diaryl/α,β-unsaturated/α-hetero) is 1. The van der Waals surface area contributed by atoms with E-state index >= 15 is 0 Å². The van der Waals surface area contributed by atoms with Crippen molar-refractivity contribution >= 4 is 23.3 Å². The van der Waals surface area contributed by atoms with Crippen LogP contribution < -0.4 is 14.8 Å². The van der Waals surface area contributed by atoms with Crippen LogP contribution in [0.5, 0.6) is 11.5 Å². The predicted octanol–water partition coefficient (Wildman–Crippen LogP) is 3.61. The molecule has 0 aliphatic carbocycles. The van der Waals surface area contributed by atoms with E-state index in [9.17, 15) is 14.4 Å². The SMILES string of the molecule is Cc1cccc(C)c1NC(=O)C(C)OC(=O)CCC(=O)c1ccc2c(c1)OCCO2. The van der Waals surface area contributed by atoms with Gasteiger partial charge in [-0.25, -0.2) is 0 Å². The number of nitrogens with one attached hydrogen (secondary N) is 1. The number of hydrogen-bond donors (Lipinski definition) is 1. The van der Waals surface area contributed by atoms with Gasteiger partial charge in [-0.1, -0.05) is 18.2 Å². The van der Waals surface area contributed by atoms with Crippen LogP contribution in [0.4, 0.5) is 5.69 Å². The summed E-state index contributed by atoms with van der Waals surface area (Å²) in [5.74, 6) is -0.118. The van der Waals surface area contributed by atoms with Crippen molar-refractivity contribution in [3.05, 3.63) is 53.1 Å². The summed E-state index contributed by atoms with van der Waals surface area (Å²) in [6.45, 7) is 6.19. The minimum Gasteiger partial charge on any atom is -0.486 e. The molecule has 0 spiro atoms. The molecule has 7 heteroatoms. The van der Waals surface area contributed by atoms with E-state index in [1.807, 2.05) is 32.0 Å². The second-order valence-corrected chi connectivity index (χ2v) is 7.17. The first-order valence-electron chi connectivity index (χ1n) is 9.84. The van der Waals surface area contributed by atoms with Gasteiger partial charge in [0.2, 0.25) is 0 Å². The first-order chi connectivity index (χ1) is 14.3. The monoisotopic (exact) mass is 411 g/mol.